The first-order valence-electron chi connectivity index (χ1n) is 11.7. The first-order valence-corrected chi connectivity index (χ1v) is 12.8. The highest BCUT2D eigenvalue weighted by Gasteiger charge is 2.21. The molecule has 0 fully saturated rings. The SMILES string of the molecule is COc1ccc(CCNC(=O)CN(CC(=O)NCCc2ccccc2)C(=O)c2ccc(I)cc2)cc1. The molecule has 0 saturated carbocycles. The number of nitrogens with one attached hydrogen (secondary N) is 2. The van der Waals surface area contributed by atoms with Crippen molar-refractivity contribution in [3.63, 3.8) is 0 Å². The molecule has 0 heterocycles. The molecule has 0 spiro atoms. The molecule has 0 atom stereocenters. The third-order valence-corrected chi connectivity index (χ3v) is 6.24. The normalized spacial score (nSPS) is 10.4. The van der Waals surface area contributed by atoms with Gasteiger partial charge in [0.15, 0.2) is 0 Å². The minimum absolute atomic E-state index is 0.203. The molecule has 3 amide bonds. The smallest absolute Gasteiger partial charge is 0.254 e. The Morgan fingerprint density at radius 2 is 1.28 bits per heavy atom. The molecular formula is C28H30IN3O4. The predicted molar refractivity (Wildman–Crippen MR) is 148 cm³/mol. The van der Waals surface area contributed by atoms with E-state index in [1.165, 1.54) is 4.90 Å². The number of carbonyl (C=O) groups is 3. The Balaban J connectivity index is 1.55. The van der Waals surface area contributed by atoms with Crippen molar-refractivity contribution in [2.24, 2.45) is 0 Å². The fourth-order valence-electron chi connectivity index (χ4n) is 3.56. The number of methoxy groups -OCH3 is 1. The topological polar surface area (TPSA) is 87.7 Å². The van der Waals surface area contributed by atoms with Crippen LogP contribution in [-0.4, -0.2) is 55.9 Å². The molecule has 0 aliphatic rings. The lowest BCUT2D eigenvalue weighted by Gasteiger charge is -2.22. The van der Waals surface area contributed by atoms with Crippen LogP contribution in [0.15, 0.2) is 78.9 Å². The zero-order valence-electron chi connectivity index (χ0n) is 20.2. The molecule has 0 radical (unpaired) electrons. The summed E-state index contributed by atoms with van der Waals surface area (Å²) in [6.07, 6.45) is 1.32. The molecule has 188 valence electrons. The van der Waals surface area contributed by atoms with Crippen molar-refractivity contribution in [2.75, 3.05) is 33.3 Å². The maximum Gasteiger partial charge on any atom is 0.254 e. The third-order valence-electron chi connectivity index (χ3n) is 5.52. The molecular weight excluding hydrogens is 569 g/mol. The minimum atomic E-state index is -0.366. The lowest BCUT2D eigenvalue weighted by Crippen LogP contribution is -2.46. The van der Waals surface area contributed by atoms with Crippen LogP contribution < -0.4 is 15.4 Å². The molecule has 7 nitrogen and oxygen atoms in total. The molecule has 36 heavy (non-hydrogen) atoms. The molecule has 8 heteroatoms. The predicted octanol–water partition coefficient (Wildman–Crippen LogP) is 3.46. The van der Waals surface area contributed by atoms with Crippen LogP contribution >= 0.6 is 22.6 Å². The van der Waals surface area contributed by atoms with Gasteiger partial charge in [-0.3, -0.25) is 14.4 Å². The summed E-state index contributed by atoms with van der Waals surface area (Å²) in [6.45, 7) is 0.452. The first kappa shape index (κ1) is 27.2. The standard InChI is InChI=1S/C28H30IN3O4/c1-36-25-13-7-22(8-14-25)16-18-31-27(34)20-32(28(35)23-9-11-24(29)12-10-23)19-26(33)30-17-15-21-5-3-2-4-6-21/h2-14H,15-20H2,1H3,(H,30,33)(H,31,34). The summed E-state index contributed by atoms with van der Waals surface area (Å²) in [5, 5.41) is 5.69. The van der Waals surface area contributed by atoms with Gasteiger partial charge in [0, 0.05) is 22.2 Å². The Hall–Kier alpha value is -3.40. The van der Waals surface area contributed by atoms with Gasteiger partial charge >= 0.3 is 0 Å². The molecule has 0 unspecified atom stereocenters. The average molecular weight is 599 g/mol. The number of carbonyl (C=O) groups excluding carboxylic acids is 3. The fraction of sp³-hybridized carbons (Fsp3) is 0.250. The van der Waals surface area contributed by atoms with Crippen LogP contribution in [0, 0.1) is 3.57 Å². The van der Waals surface area contributed by atoms with Gasteiger partial charge in [0.2, 0.25) is 11.8 Å². The summed E-state index contributed by atoms with van der Waals surface area (Å²) in [7, 11) is 1.61. The van der Waals surface area contributed by atoms with E-state index in [0.717, 1.165) is 20.4 Å². The van der Waals surface area contributed by atoms with Gasteiger partial charge in [0.25, 0.3) is 5.91 Å². The van der Waals surface area contributed by atoms with Gasteiger partial charge in [-0.25, -0.2) is 0 Å². The maximum atomic E-state index is 13.1. The lowest BCUT2D eigenvalue weighted by atomic mass is 10.1. The largest absolute Gasteiger partial charge is 0.497 e. The van der Waals surface area contributed by atoms with E-state index < -0.39 is 0 Å². The van der Waals surface area contributed by atoms with Gasteiger partial charge in [-0.2, -0.15) is 0 Å². The number of amides is 3. The average Bonchev–Trinajstić information content (AvgIpc) is 2.89. The van der Waals surface area contributed by atoms with Crippen LogP contribution in [0.3, 0.4) is 0 Å². The summed E-state index contributed by atoms with van der Waals surface area (Å²) in [5.74, 6) is -0.222. The van der Waals surface area contributed by atoms with Crippen molar-refractivity contribution in [1.29, 1.82) is 0 Å². The molecule has 3 aromatic carbocycles. The van der Waals surface area contributed by atoms with E-state index in [-0.39, 0.29) is 30.8 Å². The molecule has 0 aliphatic heterocycles. The third kappa shape index (κ3) is 8.99. The van der Waals surface area contributed by atoms with Crippen LogP contribution in [0.4, 0.5) is 0 Å². The lowest BCUT2D eigenvalue weighted by molar-refractivity contribution is -0.124. The van der Waals surface area contributed by atoms with E-state index in [4.69, 9.17) is 4.74 Å². The van der Waals surface area contributed by atoms with Crippen molar-refractivity contribution in [2.45, 2.75) is 12.8 Å². The molecule has 0 aliphatic carbocycles. The van der Waals surface area contributed by atoms with Gasteiger partial charge in [-0.1, -0.05) is 42.5 Å². The van der Waals surface area contributed by atoms with Crippen molar-refractivity contribution in [1.82, 2.24) is 15.5 Å². The highest BCUT2D eigenvalue weighted by molar-refractivity contribution is 14.1. The summed E-state index contributed by atoms with van der Waals surface area (Å²) >= 11 is 2.16. The summed E-state index contributed by atoms with van der Waals surface area (Å²) in [5.41, 5.74) is 2.60. The number of rotatable bonds is 12. The molecule has 3 rings (SSSR count). The second-order valence-electron chi connectivity index (χ2n) is 8.20. The van der Waals surface area contributed by atoms with Gasteiger partial charge < -0.3 is 20.3 Å². The summed E-state index contributed by atoms with van der Waals surface area (Å²) in [4.78, 5) is 39.7. The number of hydrogen-bond acceptors (Lipinski definition) is 4. The van der Waals surface area contributed by atoms with Gasteiger partial charge in [0.05, 0.1) is 7.11 Å². The van der Waals surface area contributed by atoms with E-state index in [1.807, 2.05) is 66.7 Å². The Morgan fingerprint density at radius 1 is 0.750 bits per heavy atom. The quantitative estimate of drug-likeness (QED) is 0.313. The van der Waals surface area contributed by atoms with E-state index in [9.17, 15) is 14.4 Å². The van der Waals surface area contributed by atoms with Crippen LogP contribution in [0.5, 0.6) is 5.75 Å². The number of nitrogens with zero attached hydrogens (tertiary/aromatic N) is 1. The van der Waals surface area contributed by atoms with Crippen LogP contribution in [0.2, 0.25) is 0 Å². The number of ether oxygens (including phenoxy) is 1. The number of benzene rings is 3. The first-order chi connectivity index (χ1) is 17.4. The van der Waals surface area contributed by atoms with E-state index in [0.29, 0.717) is 31.5 Å². The zero-order valence-corrected chi connectivity index (χ0v) is 22.4. The Kier molecular flexibility index (Phi) is 10.7. The Bertz CT molecular complexity index is 1140. The molecule has 0 aromatic heterocycles. The summed E-state index contributed by atoms with van der Waals surface area (Å²) in [6, 6.07) is 24.5. The molecule has 3 aromatic rings. The van der Waals surface area contributed by atoms with E-state index in [2.05, 4.69) is 33.2 Å². The van der Waals surface area contributed by atoms with E-state index in [1.54, 1.807) is 19.2 Å². The van der Waals surface area contributed by atoms with Gasteiger partial charge in [0.1, 0.15) is 18.8 Å². The second kappa shape index (κ2) is 14.2. The highest BCUT2D eigenvalue weighted by Crippen LogP contribution is 2.12. The van der Waals surface area contributed by atoms with Crippen molar-refractivity contribution in [3.05, 3.63) is 99.1 Å². The fourth-order valence-corrected chi connectivity index (χ4v) is 3.92. The second-order valence-corrected chi connectivity index (χ2v) is 9.45. The van der Waals surface area contributed by atoms with E-state index >= 15 is 0 Å². The van der Waals surface area contributed by atoms with Crippen molar-refractivity contribution >= 4 is 40.3 Å². The van der Waals surface area contributed by atoms with Gasteiger partial charge in [-0.15, -0.1) is 0 Å². The van der Waals surface area contributed by atoms with Crippen LogP contribution in [0.25, 0.3) is 0 Å². The number of hydrogen-bond donors (Lipinski definition) is 2. The highest BCUT2D eigenvalue weighted by atomic mass is 127. The maximum absolute atomic E-state index is 13.1. The molecule has 0 saturated heterocycles. The monoisotopic (exact) mass is 599 g/mol. The number of halogens is 1. The van der Waals surface area contributed by atoms with Crippen molar-refractivity contribution < 1.29 is 19.1 Å². The molecule has 2 N–H and O–H groups in total. The summed E-state index contributed by atoms with van der Waals surface area (Å²) < 4.78 is 6.15. The van der Waals surface area contributed by atoms with Crippen LogP contribution in [0.1, 0.15) is 21.5 Å². The zero-order chi connectivity index (χ0) is 25.8. The Morgan fingerprint density at radius 3 is 1.81 bits per heavy atom. The van der Waals surface area contributed by atoms with Gasteiger partial charge in [-0.05, 0) is 83.0 Å². The minimum Gasteiger partial charge on any atom is -0.497 e. The van der Waals surface area contributed by atoms with Crippen molar-refractivity contribution in [3.8, 4) is 5.75 Å². The van der Waals surface area contributed by atoms with Crippen LogP contribution in [-0.2, 0) is 22.4 Å². The Labute approximate surface area is 225 Å². The molecule has 0 bridgehead atoms.